The van der Waals surface area contributed by atoms with Crippen molar-refractivity contribution in [1.82, 2.24) is 19.7 Å². The highest BCUT2D eigenvalue weighted by atomic mass is 32.1. The van der Waals surface area contributed by atoms with Crippen LogP contribution in [-0.2, 0) is 20.7 Å². The van der Waals surface area contributed by atoms with Crippen molar-refractivity contribution in [2.24, 2.45) is 0 Å². The van der Waals surface area contributed by atoms with Crippen LogP contribution in [0.4, 0.5) is 5.82 Å². The molecule has 0 atom stereocenters. The Bertz CT molecular complexity index is 1070. The SMILES string of the molecule is CCOC(=O)C(=O)Nc1cc(-c2cccs2)nn1-c1nc(C)c(CC)c(=O)[nH]1. The molecule has 0 aliphatic rings. The second-order valence-corrected chi connectivity index (χ2v) is 6.73. The highest BCUT2D eigenvalue weighted by molar-refractivity contribution is 7.13. The monoisotopic (exact) mass is 401 g/mol. The van der Waals surface area contributed by atoms with Crippen LogP contribution >= 0.6 is 11.3 Å². The summed E-state index contributed by atoms with van der Waals surface area (Å²) in [5.74, 6) is -1.62. The third kappa shape index (κ3) is 3.86. The Kier molecular flexibility index (Phi) is 5.69. The number of carbonyl (C=O) groups is 2. The molecule has 3 aromatic rings. The predicted molar refractivity (Wildman–Crippen MR) is 105 cm³/mol. The van der Waals surface area contributed by atoms with Crippen LogP contribution in [0.2, 0.25) is 0 Å². The number of amides is 1. The molecule has 0 spiro atoms. The van der Waals surface area contributed by atoms with Crippen LogP contribution in [0.3, 0.4) is 0 Å². The summed E-state index contributed by atoms with van der Waals surface area (Å²) in [7, 11) is 0. The first-order valence-corrected chi connectivity index (χ1v) is 9.54. The van der Waals surface area contributed by atoms with Gasteiger partial charge in [-0.2, -0.15) is 9.78 Å². The highest BCUT2D eigenvalue weighted by Gasteiger charge is 2.21. The number of hydrogen-bond donors (Lipinski definition) is 2. The van der Waals surface area contributed by atoms with Crippen molar-refractivity contribution in [3.05, 3.63) is 45.2 Å². The summed E-state index contributed by atoms with van der Waals surface area (Å²) in [5.41, 5.74) is 1.43. The lowest BCUT2D eigenvalue weighted by Crippen LogP contribution is -2.27. The van der Waals surface area contributed by atoms with E-state index in [1.807, 2.05) is 24.4 Å². The number of nitrogens with one attached hydrogen (secondary N) is 2. The first-order valence-electron chi connectivity index (χ1n) is 8.66. The van der Waals surface area contributed by atoms with E-state index in [0.29, 0.717) is 23.4 Å². The van der Waals surface area contributed by atoms with Gasteiger partial charge < -0.3 is 10.1 Å². The van der Waals surface area contributed by atoms with E-state index < -0.39 is 11.9 Å². The molecule has 2 N–H and O–H groups in total. The van der Waals surface area contributed by atoms with Gasteiger partial charge in [-0.25, -0.2) is 9.78 Å². The molecule has 0 bridgehead atoms. The van der Waals surface area contributed by atoms with Gasteiger partial charge in [-0.05, 0) is 31.7 Å². The molecule has 0 saturated carbocycles. The lowest BCUT2D eigenvalue weighted by atomic mass is 10.2. The van der Waals surface area contributed by atoms with E-state index in [0.717, 1.165) is 4.88 Å². The molecule has 3 rings (SSSR count). The molecule has 28 heavy (non-hydrogen) atoms. The average Bonchev–Trinajstić information content (AvgIpc) is 3.31. The third-order valence-electron chi connectivity index (χ3n) is 3.95. The van der Waals surface area contributed by atoms with Crippen molar-refractivity contribution < 1.29 is 14.3 Å². The number of aromatic nitrogens is 4. The first-order chi connectivity index (χ1) is 13.4. The standard InChI is InChI=1S/C18H19N5O4S/c1-4-11-10(3)19-18(21-15(11)24)23-14(20-16(25)17(26)27-5-2)9-12(22-23)13-7-6-8-28-13/h6-9H,4-5H2,1-3H3,(H,20,25)(H,19,21,24). The van der Waals surface area contributed by atoms with Gasteiger partial charge in [0.2, 0.25) is 5.95 Å². The van der Waals surface area contributed by atoms with E-state index in [9.17, 15) is 14.4 Å². The van der Waals surface area contributed by atoms with Crippen LogP contribution in [-0.4, -0.2) is 38.2 Å². The van der Waals surface area contributed by atoms with E-state index >= 15 is 0 Å². The fourth-order valence-electron chi connectivity index (χ4n) is 2.65. The van der Waals surface area contributed by atoms with Crippen molar-refractivity contribution in [1.29, 1.82) is 0 Å². The average molecular weight is 401 g/mol. The van der Waals surface area contributed by atoms with Gasteiger partial charge in [-0.3, -0.25) is 14.6 Å². The molecule has 0 radical (unpaired) electrons. The van der Waals surface area contributed by atoms with Gasteiger partial charge in [0, 0.05) is 17.3 Å². The summed E-state index contributed by atoms with van der Waals surface area (Å²) < 4.78 is 6.01. The predicted octanol–water partition coefficient (Wildman–Crippen LogP) is 2.06. The molecular weight excluding hydrogens is 382 g/mol. The Labute approximate surface area is 164 Å². The van der Waals surface area contributed by atoms with Gasteiger partial charge >= 0.3 is 11.9 Å². The Hall–Kier alpha value is -3.27. The van der Waals surface area contributed by atoms with Crippen molar-refractivity contribution in [3.8, 4) is 16.5 Å². The van der Waals surface area contributed by atoms with Gasteiger partial charge in [0.25, 0.3) is 5.56 Å². The summed E-state index contributed by atoms with van der Waals surface area (Å²) in [5, 5.41) is 8.81. The fraction of sp³-hybridized carbons (Fsp3) is 0.278. The number of esters is 1. The second-order valence-electron chi connectivity index (χ2n) is 5.79. The Morgan fingerprint density at radius 2 is 2.14 bits per heavy atom. The van der Waals surface area contributed by atoms with Crippen molar-refractivity contribution in [2.75, 3.05) is 11.9 Å². The second kappa shape index (κ2) is 8.17. The molecule has 10 heteroatoms. The lowest BCUT2D eigenvalue weighted by molar-refractivity contribution is -0.152. The Balaban J connectivity index is 2.07. The number of carbonyl (C=O) groups excluding carboxylic acids is 2. The molecule has 0 unspecified atom stereocenters. The molecule has 146 valence electrons. The fourth-order valence-corrected chi connectivity index (χ4v) is 3.33. The van der Waals surface area contributed by atoms with Crippen LogP contribution in [0.1, 0.15) is 25.1 Å². The molecule has 1 amide bonds. The summed E-state index contributed by atoms with van der Waals surface area (Å²) in [6.07, 6.45) is 0.542. The Morgan fingerprint density at radius 3 is 2.75 bits per heavy atom. The van der Waals surface area contributed by atoms with Crippen LogP contribution in [0.15, 0.2) is 28.4 Å². The normalized spacial score (nSPS) is 10.7. The highest BCUT2D eigenvalue weighted by Crippen LogP contribution is 2.27. The van der Waals surface area contributed by atoms with Gasteiger partial charge in [0.05, 0.1) is 11.5 Å². The summed E-state index contributed by atoms with van der Waals surface area (Å²) in [4.78, 5) is 44.1. The minimum atomic E-state index is -1.01. The smallest absolute Gasteiger partial charge is 0.397 e. The lowest BCUT2D eigenvalue weighted by Gasteiger charge is -2.09. The van der Waals surface area contributed by atoms with E-state index in [1.54, 1.807) is 19.9 Å². The number of aromatic amines is 1. The molecule has 0 aliphatic heterocycles. The number of ether oxygens (including phenoxy) is 1. The van der Waals surface area contributed by atoms with Gasteiger partial charge in [0.15, 0.2) is 0 Å². The number of aryl methyl sites for hydroxylation is 1. The van der Waals surface area contributed by atoms with Crippen LogP contribution in [0, 0.1) is 6.92 Å². The molecule has 0 saturated heterocycles. The molecule has 3 aromatic heterocycles. The number of H-pyrrole nitrogens is 1. The topological polar surface area (TPSA) is 119 Å². The molecule has 9 nitrogen and oxygen atoms in total. The van der Waals surface area contributed by atoms with Crippen LogP contribution < -0.4 is 10.9 Å². The summed E-state index contributed by atoms with van der Waals surface area (Å²) in [6.45, 7) is 5.29. The zero-order chi connectivity index (χ0) is 20.3. The van der Waals surface area contributed by atoms with Crippen LogP contribution in [0.5, 0.6) is 0 Å². The molecule has 3 heterocycles. The number of thiophene rings is 1. The maximum atomic E-state index is 12.3. The number of nitrogens with zero attached hydrogens (tertiary/aromatic N) is 3. The van der Waals surface area contributed by atoms with Gasteiger partial charge in [0.1, 0.15) is 11.5 Å². The maximum Gasteiger partial charge on any atom is 0.397 e. The number of rotatable bonds is 5. The van der Waals surface area contributed by atoms with Crippen LogP contribution in [0.25, 0.3) is 16.5 Å². The Morgan fingerprint density at radius 1 is 1.36 bits per heavy atom. The summed E-state index contributed by atoms with van der Waals surface area (Å²) in [6, 6.07) is 5.35. The van der Waals surface area contributed by atoms with Gasteiger partial charge in [-0.1, -0.05) is 13.0 Å². The van der Waals surface area contributed by atoms with Crippen molar-refractivity contribution >= 4 is 29.0 Å². The number of anilines is 1. The molecular formula is C18H19N5O4S. The largest absolute Gasteiger partial charge is 0.459 e. The molecule has 0 aliphatic carbocycles. The number of hydrogen-bond acceptors (Lipinski definition) is 7. The van der Waals surface area contributed by atoms with E-state index in [-0.39, 0.29) is 23.9 Å². The molecule has 0 aromatic carbocycles. The zero-order valence-electron chi connectivity index (χ0n) is 15.6. The van der Waals surface area contributed by atoms with Crippen molar-refractivity contribution in [3.63, 3.8) is 0 Å². The zero-order valence-corrected chi connectivity index (χ0v) is 16.4. The van der Waals surface area contributed by atoms with E-state index in [4.69, 9.17) is 4.74 Å². The van der Waals surface area contributed by atoms with E-state index in [2.05, 4.69) is 20.4 Å². The summed E-state index contributed by atoms with van der Waals surface area (Å²) >= 11 is 1.47. The van der Waals surface area contributed by atoms with Gasteiger partial charge in [-0.15, -0.1) is 11.3 Å². The molecule has 0 fully saturated rings. The maximum absolute atomic E-state index is 12.3. The van der Waals surface area contributed by atoms with E-state index in [1.165, 1.54) is 16.0 Å². The first kappa shape index (κ1) is 19.5. The minimum Gasteiger partial charge on any atom is -0.459 e. The quantitative estimate of drug-likeness (QED) is 0.499. The third-order valence-corrected chi connectivity index (χ3v) is 4.84. The van der Waals surface area contributed by atoms with Crippen molar-refractivity contribution in [2.45, 2.75) is 27.2 Å². The minimum absolute atomic E-state index is 0.0819.